The second kappa shape index (κ2) is 8.02. The summed E-state index contributed by atoms with van der Waals surface area (Å²) in [6.45, 7) is 4.58. The average Bonchev–Trinajstić information content (AvgIpc) is 3.17. The summed E-state index contributed by atoms with van der Waals surface area (Å²) in [4.78, 5) is 23.0. The molecule has 1 atom stereocenters. The van der Waals surface area contributed by atoms with E-state index >= 15 is 0 Å². The molecule has 1 saturated heterocycles. The van der Waals surface area contributed by atoms with Gasteiger partial charge in [-0.3, -0.25) is 4.79 Å². The van der Waals surface area contributed by atoms with Crippen LogP contribution in [0.2, 0.25) is 0 Å². The van der Waals surface area contributed by atoms with Gasteiger partial charge in [0, 0.05) is 18.2 Å². The van der Waals surface area contributed by atoms with Crippen molar-refractivity contribution in [1.29, 1.82) is 0 Å². The van der Waals surface area contributed by atoms with E-state index < -0.39 is 17.8 Å². The van der Waals surface area contributed by atoms with Gasteiger partial charge in [-0.15, -0.1) is 5.10 Å². The molecule has 0 saturated carbocycles. The van der Waals surface area contributed by atoms with Crippen LogP contribution in [0.25, 0.3) is 17.0 Å². The first-order chi connectivity index (χ1) is 14.3. The topological polar surface area (TPSA) is 75.4 Å². The maximum Gasteiger partial charge on any atom is 0.433 e. The number of benzene rings is 1. The van der Waals surface area contributed by atoms with Crippen molar-refractivity contribution in [2.24, 2.45) is 0 Å². The van der Waals surface area contributed by atoms with Crippen molar-refractivity contribution >= 4 is 11.7 Å². The van der Waals surface area contributed by atoms with Crippen molar-refractivity contribution in [1.82, 2.24) is 29.8 Å². The van der Waals surface area contributed by atoms with Gasteiger partial charge in [0.2, 0.25) is 5.82 Å². The predicted octanol–water partition coefficient (Wildman–Crippen LogP) is 3.02. The number of carbonyl (C=O) groups excluding carboxylic acids is 1. The van der Waals surface area contributed by atoms with Gasteiger partial charge in [-0.2, -0.15) is 22.7 Å². The van der Waals surface area contributed by atoms with Crippen LogP contribution in [0, 0.1) is 0 Å². The third-order valence-electron chi connectivity index (χ3n) is 5.16. The molecule has 1 aromatic carbocycles. The summed E-state index contributed by atoms with van der Waals surface area (Å²) < 4.78 is 41.6. The zero-order valence-electron chi connectivity index (χ0n) is 16.4. The third-order valence-corrected chi connectivity index (χ3v) is 5.16. The van der Waals surface area contributed by atoms with Gasteiger partial charge in [0.25, 0.3) is 11.7 Å². The highest BCUT2D eigenvalue weighted by Gasteiger charge is 2.36. The van der Waals surface area contributed by atoms with Gasteiger partial charge in [-0.05, 0) is 32.0 Å². The lowest BCUT2D eigenvalue weighted by Crippen LogP contribution is -2.47. The van der Waals surface area contributed by atoms with Crippen LogP contribution in [-0.4, -0.2) is 56.1 Å². The number of halogens is 3. The molecule has 1 amide bonds. The molecule has 3 heterocycles. The third kappa shape index (κ3) is 4.13. The Morgan fingerprint density at radius 1 is 1.23 bits per heavy atom. The number of hydrogen-bond donors (Lipinski definition) is 1. The summed E-state index contributed by atoms with van der Waals surface area (Å²) in [5.74, 6) is -1.20. The molecule has 2 aromatic heterocycles. The van der Waals surface area contributed by atoms with Gasteiger partial charge in [0.1, 0.15) is 0 Å². The Balaban J connectivity index is 1.68. The summed E-state index contributed by atoms with van der Waals surface area (Å²) in [5, 5.41) is 6.65. The molecule has 1 aliphatic heterocycles. The van der Waals surface area contributed by atoms with Crippen LogP contribution in [-0.2, 0) is 6.18 Å². The number of likely N-dealkylation sites (N-methyl/N-ethyl adjacent to an activating group) is 1. The van der Waals surface area contributed by atoms with Crippen molar-refractivity contribution in [3.63, 3.8) is 0 Å². The molecule has 1 aliphatic rings. The molecule has 10 heteroatoms. The molecule has 0 aliphatic carbocycles. The molecule has 0 radical (unpaired) electrons. The van der Waals surface area contributed by atoms with Crippen molar-refractivity contribution in [3.05, 3.63) is 47.9 Å². The number of amides is 1. The fourth-order valence-electron chi connectivity index (χ4n) is 3.63. The van der Waals surface area contributed by atoms with Crippen molar-refractivity contribution < 1.29 is 18.0 Å². The van der Waals surface area contributed by atoms with Gasteiger partial charge in [-0.1, -0.05) is 37.3 Å². The average molecular weight is 418 g/mol. The minimum atomic E-state index is -4.68. The number of alkyl halides is 3. The Labute approximate surface area is 170 Å². The molecular formula is C20H21F3N6O. The quantitative estimate of drug-likeness (QED) is 0.705. The summed E-state index contributed by atoms with van der Waals surface area (Å²) in [6.07, 6.45) is -2.94. The lowest BCUT2D eigenvalue weighted by Gasteiger charge is -2.31. The first kappa shape index (κ1) is 20.3. The Kier molecular flexibility index (Phi) is 5.42. The maximum atomic E-state index is 13.7. The van der Waals surface area contributed by atoms with E-state index in [1.165, 1.54) is 0 Å². The minimum Gasteiger partial charge on any atom is -0.345 e. The molecule has 1 N–H and O–H groups in total. The lowest BCUT2D eigenvalue weighted by atomic mass is 10.1. The Morgan fingerprint density at radius 2 is 2.00 bits per heavy atom. The molecule has 30 heavy (non-hydrogen) atoms. The minimum absolute atomic E-state index is 0.0901. The van der Waals surface area contributed by atoms with Gasteiger partial charge in [0.15, 0.2) is 5.69 Å². The Hall–Kier alpha value is -3.01. The fraction of sp³-hybridized carbons (Fsp3) is 0.400. The fourth-order valence-corrected chi connectivity index (χ4v) is 3.63. The van der Waals surface area contributed by atoms with Crippen molar-refractivity contribution in [2.75, 3.05) is 19.6 Å². The number of fused-ring (bicyclic) bond motifs is 1. The van der Waals surface area contributed by atoms with Crippen LogP contribution < -0.4 is 5.32 Å². The number of nitrogens with zero attached hydrogens (tertiary/aromatic N) is 5. The number of piperidine rings is 1. The lowest BCUT2D eigenvalue weighted by molar-refractivity contribution is -0.142. The highest BCUT2D eigenvalue weighted by atomic mass is 19.4. The second-order valence-corrected chi connectivity index (χ2v) is 7.24. The zero-order chi connectivity index (χ0) is 21.3. The van der Waals surface area contributed by atoms with Crippen molar-refractivity contribution in [2.45, 2.75) is 32.0 Å². The molecule has 3 aromatic rings. The number of likely N-dealkylation sites (tertiary alicyclic amines) is 1. The number of carbonyl (C=O) groups is 1. The standard InChI is InChI=1S/C20H21F3N6O/c1-2-28-10-6-9-14(12-28)24-18(30)17-26-19-25-15(13-7-4-3-5-8-13)11-16(20(21,22)23)29(19)27-17/h3-5,7-8,11,14H,2,6,9-10,12H2,1H3,(H,24,30)/t14-/m0/s1. The predicted molar refractivity (Wildman–Crippen MR) is 104 cm³/mol. The van der Waals surface area contributed by atoms with E-state index in [0.29, 0.717) is 16.6 Å². The Bertz CT molecular complexity index is 1050. The van der Waals surface area contributed by atoms with Crippen LogP contribution in [0.5, 0.6) is 0 Å². The smallest absolute Gasteiger partial charge is 0.345 e. The normalized spacial score (nSPS) is 17.9. The van der Waals surface area contributed by atoms with Gasteiger partial charge >= 0.3 is 6.18 Å². The SMILES string of the molecule is CCN1CCC[C@H](NC(=O)c2nc3nc(-c4ccccc4)cc(C(F)(F)F)n3n2)C1. The Morgan fingerprint density at radius 3 is 2.70 bits per heavy atom. The number of aromatic nitrogens is 4. The zero-order valence-corrected chi connectivity index (χ0v) is 16.4. The summed E-state index contributed by atoms with van der Waals surface area (Å²) in [5.41, 5.74) is -0.408. The first-order valence-electron chi connectivity index (χ1n) is 9.79. The van der Waals surface area contributed by atoms with Gasteiger partial charge in [-0.25, -0.2) is 4.98 Å². The molecule has 158 valence electrons. The van der Waals surface area contributed by atoms with Crippen LogP contribution in [0.4, 0.5) is 13.2 Å². The molecule has 4 rings (SSSR count). The van der Waals surface area contributed by atoms with E-state index in [9.17, 15) is 18.0 Å². The van der Waals surface area contributed by atoms with E-state index in [1.54, 1.807) is 30.3 Å². The molecule has 1 fully saturated rings. The highest BCUT2D eigenvalue weighted by Crippen LogP contribution is 2.31. The van der Waals surface area contributed by atoms with Crippen molar-refractivity contribution in [3.8, 4) is 11.3 Å². The molecule has 7 nitrogen and oxygen atoms in total. The molecule has 0 bridgehead atoms. The first-order valence-corrected chi connectivity index (χ1v) is 9.79. The molecule has 0 unspecified atom stereocenters. The summed E-state index contributed by atoms with van der Waals surface area (Å²) >= 11 is 0. The number of nitrogens with one attached hydrogen (secondary N) is 1. The molecule has 0 spiro atoms. The van der Waals surface area contributed by atoms with Crippen LogP contribution in [0.3, 0.4) is 0 Å². The monoisotopic (exact) mass is 418 g/mol. The second-order valence-electron chi connectivity index (χ2n) is 7.24. The van der Waals surface area contributed by atoms with Crippen LogP contribution >= 0.6 is 0 Å². The largest absolute Gasteiger partial charge is 0.433 e. The number of rotatable bonds is 4. The highest BCUT2D eigenvalue weighted by molar-refractivity contribution is 5.91. The summed E-state index contributed by atoms with van der Waals surface area (Å²) in [6, 6.07) is 9.32. The van der Waals surface area contributed by atoms with E-state index in [0.717, 1.165) is 32.0 Å². The van der Waals surface area contributed by atoms with E-state index in [-0.39, 0.29) is 23.3 Å². The molecular weight excluding hydrogens is 397 g/mol. The van der Waals surface area contributed by atoms with Gasteiger partial charge in [0.05, 0.1) is 5.69 Å². The van der Waals surface area contributed by atoms with E-state index in [4.69, 9.17) is 0 Å². The van der Waals surface area contributed by atoms with Crippen LogP contribution in [0.15, 0.2) is 36.4 Å². The van der Waals surface area contributed by atoms with Gasteiger partial charge < -0.3 is 10.2 Å². The van der Waals surface area contributed by atoms with E-state index in [2.05, 4.69) is 25.3 Å². The number of hydrogen-bond acceptors (Lipinski definition) is 5. The maximum absolute atomic E-state index is 13.7. The van der Waals surface area contributed by atoms with Crippen LogP contribution in [0.1, 0.15) is 36.1 Å². The summed E-state index contributed by atoms with van der Waals surface area (Å²) in [7, 11) is 0. The van der Waals surface area contributed by atoms with E-state index in [1.807, 2.05) is 6.92 Å².